The van der Waals surface area contributed by atoms with Crippen molar-refractivity contribution in [1.82, 2.24) is 0 Å². The molecule has 15 heavy (non-hydrogen) atoms. The van der Waals surface area contributed by atoms with Crippen LogP contribution >= 0.6 is 31.9 Å². The van der Waals surface area contributed by atoms with Crippen LogP contribution in [-0.2, 0) is 14.3 Å². The van der Waals surface area contributed by atoms with Crippen molar-refractivity contribution in [3.8, 4) is 0 Å². The fraction of sp³-hybridized carbons (Fsp3) is 0.333. The van der Waals surface area contributed by atoms with Crippen molar-refractivity contribution in [2.75, 3.05) is 5.33 Å². The van der Waals surface area contributed by atoms with E-state index in [9.17, 15) is 8.42 Å². The minimum Gasteiger partial charge on any atom is -0.251 e. The minimum absolute atomic E-state index is 0.165. The van der Waals surface area contributed by atoms with E-state index in [1.54, 1.807) is 12.1 Å². The number of halogens is 2. The lowest BCUT2D eigenvalue weighted by Crippen LogP contribution is -2.14. The second kappa shape index (κ2) is 5.43. The molecule has 0 aliphatic heterocycles. The van der Waals surface area contributed by atoms with Crippen molar-refractivity contribution in [2.45, 2.75) is 16.8 Å². The molecule has 0 fully saturated rings. The molecule has 3 nitrogen and oxygen atoms in total. The van der Waals surface area contributed by atoms with Gasteiger partial charge < -0.3 is 0 Å². The first-order valence-electron chi connectivity index (χ1n) is 4.15. The van der Waals surface area contributed by atoms with Crippen molar-refractivity contribution in [1.29, 1.82) is 0 Å². The van der Waals surface area contributed by atoms with E-state index in [0.29, 0.717) is 5.33 Å². The Morgan fingerprint density at radius 2 is 1.87 bits per heavy atom. The maximum Gasteiger partial charge on any atom is 0.298 e. The molecular formula is C9H10Br2O3S. The molecule has 0 saturated heterocycles. The average Bonchev–Trinajstić information content (AvgIpc) is 2.17. The third kappa shape index (κ3) is 3.86. The number of aryl methyl sites for hydroxylation is 1. The van der Waals surface area contributed by atoms with Crippen LogP contribution in [0, 0.1) is 6.92 Å². The Morgan fingerprint density at radius 3 is 2.33 bits per heavy atom. The second-order valence-corrected chi connectivity index (χ2v) is 6.17. The summed E-state index contributed by atoms with van der Waals surface area (Å²) in [4.78, 5) is 0.165. The van der Waals surface area contributed by atoms with Crippen molar-refractivity contribution >= 4 is 42.0 Å². The van der Waals surface area contributed by atoms with Crippen LogP contribution in [0.25, 0.3) is 0 Å². The highest BCUT2D eigenvalue weighted by Crippen LogP contribution is 2.18. The zero-order valence-corrected chi connectivity index (χ0v) is 12.0. The van der Waals surface area contributed by atoms with Gasteiger partial charge in [-0.1, -0.05) is 49.6 Å². The van der Waals surface area contributed by atoms with E-state index in [0.717, 1.165) is 5.56 Å². The molecule has 6 heteroatoms. The highest BCUT2D eigenvalue weighted by Gasteiger charge is 2.18. The lowest BCUT2D eigenvalue weighted by atomic mass is 10.2. The van der Waals surface area contributed by atoms with E-state index < -0.39 is 15.1 Å². The van der Waals surface area contributed by atoms with Crippen LogP contribution in [-0.4, -0.2) is 18.8 Å². The summed E-state index contributed by atoms with van der Waals surface area (Å²) in [5.41, 5.74) is 1.00. The van der Waals surface area contributed by atoms with Gasteiger partial charge in [0, 0.05) is 5.33 Å². The zero-order valence-electron chi connectivity index (χ0n) is 7.98. The van der Waals surface area contributed by atoms with Crippen molar-refractivity contribution in [2.24, 2.45) is 0 Å². The maximum atomic E-state index is 11.6. The Balaban J connectivity index is 2.91. The molecule has 0 heterocycles. The molecule has 1 atom stereocenters. The van der Waals surface area contributed by atoms with Gasteiger partial charge in [-0.15, -0.1) is 0 Å². The first kappa shape index (κ1) is 13.2. The molecule has 0 aromatic heterocycles. The number of benzene rings is 1. The molecule has 1 unspecified atom stereocenters. The molecule has 84 valence electrons. The predicted molar refractivity (Wildman–Crippen MR) is 66.0 cm³/mol. The van der Waals surface area contributed by atoms with Gasteiger partial charge in [-0.05, 0) is 19.1 Å². The smallest absolute Gasteiger partial charge is 0.251 e. The number of rotatable bonds is 4. The van der Waals surface area contributed by atoms with E-state index in [-0.39, 0.29) is 4.90 Å². The lowest BCUT2D eigenvalue weighted by Gasteiger charge is -2.08. The monoisotopic (exact) mass is 356 g/mol. The fourth-order valence-corrected chi connectivity index (χ4v) is 2.76. The van der Waals surface area contributed by atoms with Gasteiger partial charge in [-0.3, -0.25) is 4.18 Å². The fourth-order valence-electron chi connectivity index (χ4n) is 0.924. The maximum absolute atomic E-state index is 11.6. The summed E-state index contributed by atoms with van der Waals surface area (Å²) in [7, 11) is -3.67. The van der Waals surface area contributed by atoms with Crippen LogP contribution in [0.3, 0.4) is 0 Å². The van der Waals surface area contributed by atoms with Crippen LogP contribution in [0.1, 0.15) is 5.56 Å². The van der Waals surface area contributed by atoms with Gasteiger partial charge in [0.2, 0.25) is 0 Å². The van der Waals surface area contributed by atoms with Gasteiger partial charge in [-0.25, -0.2) is 0 Å². The first-order valence-corrected chi connectivity index (χ1v) is 7.60. The number of hydrogen-bond acceptors (Lipinski definition) is 3. The normalized spacial score (nSPS) is 13.8. The highest BCUT2D eigenvalue weighted by atomic mass is 79.9. The van der Waals surface area contributed by atoms with E-state index in [4.69, 9.17) is 4.18 Å². The molecule has 0 saturated carbocycles. The number of alkyl halides is 2. The molecule has 0 amide bonds. The Labute approximate surface area is 106 Å². The Morgan fingerprint density at radius 1 is 1.33 bits per heavy atom. The average molecular weight is 358 g/mol. The summed E-state index contributed by atoms with van der Waals surface area (Å²) in [6.07, 6.45) is 0. The lowest BCUT2D eigenvalue weighted by molar-refractivity contribution is 0.320. The summed E-state index contributed by atoms with van der Waals surface area (Å²) >= 11 is 6.19. The van der Waals surface area contributed by atoms with Crippen LogP contribution in [0.2, 0.25) is 0 Å². The van der Waals surface area contributed by atoms with E-state index in [2.05, 4.69) is 31.9 Å². The molecule has 1 aromatic rings. The van der Waals surface area contributed by atoms with E-state index in [1.165, 1.54) is 12.1 Å². The summed E-state index contributed by atoms with van der Waals surface area (Å²) < 4.78 is 28.1. The largest absolute Gasteiger partial charge is 0.298 e. The Bertz CT molecular complexity index is 413. The summed E-state index contributed by atoms with van der Waals surface area (Å²) in [6.45, 7) is 1.89. The Hall–Kier alpha value is 0.0900. The van der Waals surface area contributed by atoms with Gasteiger partial charge in [0.25, 0.3) is 10.1 Å². The summed E-state index contributed by atoms with van der Waals surface area (Å²) in [6, 6.07) is 6.51. The van der Waals surface area contributed by atoms with Gasteiger partial charge in [0.15, 0.2) is 0 Å². The quantitative estimate of drug-likeness (QED) is 0.614. The molecule has 1 rings (SSSR count). The van der Waals surface area contributed by atoms with E-state index in [1.807, 2.05) is 6.92 Å². The van der Waals surface area contributed by atoms with Gasteiger partial charge >= 0.3 is 0 Å². The summed E-state index contributed by atoms with van der Waals surface area (Å²) in [5, 5.41) is -0.151. The van der Waals surface area contributed by atoms with Crippen LogP contribution in [0.5, 0.6) is 0 Å². The second-order valence-electron chi connectivity index (χ2n) is 2.93. The Kier molecular flexibility index (Phi) is 4.76. The molecule has 0 N–H and O–H groups in total. The minimum atomic E-state index is -3.67. The standard InChI is InChI=1S/C9H10Br2O3S/c1-7-2-4-8(5-3-7)15(12,13)14-9(11)6-10/h2-5,9H,6H2,1H3. The molecule has 0 radical (unpaired) electrons. The third-order valence-corrected chi connectivity index (χ3v) is 5.21. The SMILES string of the molecule is Cc1ccc(S(=O)(=O)OC(Br)CBr)cc1. The molecular weight excluding hydrogens is 348 g/mol. The van der Waals surface area contributed by atoms with Crippen LogP contribution < -0.4 is 0 Å². The molecule has 0 spiro atoms. The molecule has 1 aromatic carbocycles. The third-order valence-electron chi connectivity index (χ3n) is 1.66. The predicted octanol–water partition coefficient (Wildman–Crippen LogP) is 2.82. The van der Waals surface area contributed by atoms with Crippen LogP contribution in [0.4, 0.5) is 0 Å². The zero-order chi connectivity index (χ0) is 11.5. The van der Waals surface area contributed by atoms with Crippen LogP contribution in [0.15, 0.2) is 29.2 Å². The van der Waals surface area contributed by atoms with E-state index >= 15 is 0 Å². The number of hydrogen-bond donors (Lipinski definition) is 0. The van der Waals surface area contributed by atoms with Crippen molar-refractivity contribution in [3.05, 3.63) is 29.8 Å². The van der Waals surface area contributed by atoms with Crippen molar-refractivity contribution < 1.29 is 12.6 Å². The van der Waals surface area contributed by atoms with Gasteiger partial charge in [0.05, 0.1) is 4.90 Å². The molecule has 0 aliphatic carbocycles. The first-order chi connectivity index (χ1) is 6.95. The summed E-state index contributed by atoms with van der Waals surface area (Å²) in [5.74, 6) is 0. The molecule has 0 bridgehead atoms. The van der Waals surface area contributed by atoms with Gasteiger partial charge in [0.1, 0.15) is 5.01 Å². The highest BCUT2D eigenvalue weighted by molar-refractivity contribution is 9.12. The van der Waals surface area contributed by atoms with Gasteiger partial charge in [-0.2, -0.15) is 8.42 Å². The molecule has 0 aliphatic rings. The topological polar surface area (TPSA) is 43.4 Å². The van der Waals surface area contributed by atoms with Crippen molar-refractivity contribution in [3.63, 3.8) is 0 Å².